The van der Waals surface area contributed by atoms with Crippen LogP contribution < -0.4 is 36.2 Å². The van der Waals surface area contributed by atoms with Gasteiger partial charge in [-0.3, -0.25) is 39.4 Å². The molecule has 6 aromatic rings. The van der Waals surface area contributed by atoms with Gasteiger partial charge in [0, 0.05) is 87.8 Å². The fraction of sp³-hybridized carbons (Fsp3) is 0.326. The number of likely N-dealkylation sites (tertiary alicyclic amines) is 1. The number of hydrogen-bond donors (Lipinski definition) is 5. The van der Waals surface area contributed by atoms with Crippen LogP contribution in [0, 0.1) is 0 Å². The number of anilines is 6. The number of methoxy groups -OCH3 is 1. The molecule has 3 saturated heterocycles. The van der Waals surface area contributed by atoms with Gasteiger partial charge in [-0.15, -0.1) is 0 Å². The molecule has 67 heavy (non-hydrogen) atoms. The summed E-state index contributed by atoms with van der Waals surface area (Å²) in [5.74, 6) is -0.187. The highest BCUT2D eigenvalue weighted by Gasteiger charge is 2.38. The van der Waals surface area contributed by atoms with Crippen molar-refractivity contribution in [2.45, 2.75) is 38.1 Å². The Bertz CT molecular complexity index is 2950. The first-order valence-corrected chi connectivity index (χ1v) is 25.3. The third kappa shape index (κ3) is 9.59. The molecule has 3 aliphatic heterocycles. The molecule has 0 bridgehead atoms. The third-order valence-corrected chi connectivity index (χ3v) is 14.4. The van der Waals surface area contributed by atoms with Crippen LogP contribution in [-0.4, -0.2) is 129 Å². The molecule has 0 saturated carbocycles. The number of carbonyl (C=O) groups excluding carboxylic acids is 4. The van der Waals surface area contributed by atoms with Crippen molar-refractivity contribution in [3.63, 3.8) is 0 Å². The van der Waals surface area contributed by atoms with Crippen LogP contribution in [0.25, 0.3) is 11.0 Å². The lowest BCUT2D eigenvalue weighted by Gasteiger charge is -2.48. The number of benzene rings is 3. The van der Waals surface area contributed by atoms with Gasteiger partial charge in [0.1, 0.15) is 29.9 Å². The van der Waals surface area contributed by atoms with E-state index in [-0.39, 0.29) is 41.7 Å². The van der Waals surface area contributed by atoms with Gasteiger partial charge in [-0.1, -0.05) is 19.1 Å². The number of carbonyl (C=O) groups is 4. The van der Waals surface area contributed by atoms with Crippen molar-refractivity contribution in [3.05, 3.63) is 100 Å². The topological polar surface area (TPSA) is 233 Å². The van der Waals surface area contributed by atoms with Crippen LogP contribution in [0.2, 0.25) is 0 Å². The Hall–Kier alpha value is -6.76. The van der Waals surface area contributed by atoms with Crippen LogP contribution in [0.15, 0.2) is 77.8 Å². The summed E-state index contributed by atoms with van der Waals surface area (Å²) in [5.41, 5.74) is 6.21. The summed E-state index contributed by atoms with van der Waals surface area (Å²) < 4.78 is 20.0. The second-order valence-electron chi connectivity index (χ2n) is 17.0. The number of piperazine rings is 1. The Morgan fingerprint density at radius 2 is 1.69 bits per heavy atom. The maximum absolute atomic E-state index is 13.5. The van der Waals surface area contributed by atoms with E-state index in [1.54, 1.807) is 68.2 Å². The first-order valence-electron chi connectivity index (χ1n) is 21.9. The smallest absolute Gasteiger partial charge is 0.289 e. The van der Waals surface area contributed by atoms with Gasteiger partial charge in [-0.25, -0.2) is 9.97 Å². The number of rotatable bonds is 13. The van der Waals surface area contributed by atoms with E-state index in [0.29, 0.717) is 74.9 Å². The Morgan fingerprint density at radius 1 is 0.925 bits per heavy atom. The monoisotopic (exact) mass is 989 g/mol. The largest absolute Gasteiger partial charge is 0.494 e. The molecule has 21 heteroatoms. The number of aryl methyl sites for hydroxylation is 1. The van der Waals surface area contributed by atoms with Crippen LogP contribution in [0.1, 0.15) is 57.9 Å². The summed E-state index contributed by atoms with van der Waals surface area (Å²) in [7, 11) is -1.16. The zero-order valence-corrected chi connectivity index (χ0v) is 39.8. The maximum atomic E-state index is 13.5. The molecule has 3 fully saturated rings. The van der Waals surface area contributed by atoms with Crippen molar-refractivity contribution in [2.75, 3.05) is 80.6 Å². The molecule has 3 aliphatic rings. The summed E-state index contributed by atoms with van der Waals surface area (Å²) in [6.07, 6.45) is 7.70. The van der Waals surface area contributed by atoms with E-state index in [4.69, 9.17) is 9.72 Å². The number of ether oxygens (including phenoxy) is 1. The SMILES string of the molecule is CCc1cc(Nc2ncc(Br)c(Nc3ccc4nccnc4c3P(C)(C)=O)n2)c(OC)cc1N1CCN(C2CN(C(=O)c3ncc(C(=O)Nc4ccc(C5CCC(=O)NC5=O)cc4)[nH]3)C2)CC1. The molecule has 3 aromatic carbocycles. The molecule has 6 heterocycles. The highest BCUT2D eigenvalue weighted by Crippen LogP contribution is 2.42. The molecule has 1 unspecified atom stereocenters. The minimum Gasteiger partial charge on any atom is -0.494 e. The van der Waals surface area contributed by atoms with Gasteiger partial charge in [0.2, 0.25) is 17.8 Å². The van der Waals surface area contributed by atoms with Crippen LogP contribution in [0.5, 0.6) is 5.75 Å². The molecule has 1 atom stereocenters. The molecule has 346 valence electrons. The quantitative estimate of drug-likeness (QED) is 0.0697. The van der Waals surface area contributed by atoms with Crippen molar-refractivity contribution in [1.29, 1.82) is 0 Å². The first-order chi connectivity index (χ1) is 32.3. The summed E-state index contributed by atoms with van der Waals surface area (Å²) in [4.78, 5) is 82.0. The van der Waals surface area contributed by atoms with E-state index in [1.807, 2.05) is 12.1 Å². The summed E-state index contributed by atoms with van der Waals surface area (Å²) in [6, 6.07) is 14.9. The number of piperidine rings is 1. The van der Waals surface area contributed by atoms with Crippen molar-refractivity contribution in [1.82, 2.24) is 45.0 Å². The van der Waals surface area contributed by atoms with E-state index in [9.17, 15) is 23.7 Å². The average Bonchev–Trinajstić information content (AvgIpc) is 3.81. The van der Waals surface area contributed by atoms with Gasteiger partial charge in [0.05, 0.1) is 45.9 Å². The number of aromatic amines is 1. The zero-order chi connectivity index (χ0) is 47.0. The predicted octanol–water partition coefficient (Wildman–Crippen LogP) is 5.63. The number of amides is 4. The van der Waals surface area contributed by atoms with Crippen LogP contribution >= 0.6 is 23.1 Å². The number of fused-ring (bicyclic) bond motifs is 1. The van der Waals surface area contributed by atoms with Gasteiger partial charge in [0.25, 0.3) is 11.8 Å². The number of aromatic nitrogens is 6. The number of imide groups is 1. The van der Waals surface area contributed by atoms with Crippen molar-refractivity contribution in [2.24, 2.45) is 0 Å². The van der Waals surface area contributed by atoms with Gasteiger partial charge >= 0.3 is 0 Å². The normalized spacial score (nSPS) is 16.9. The summed E-state index contributed by atoms with van der Waals surface area (Å²) in [5, 5.41) is 12.5. The van der Waals surface area contributed by atoms with Gasteiger partial charge in [-0.05, 0) is 83.6 Å². The Labute approximate surface area is 394 Å². The van der Waals surface area contributed by atoms with Crippen LogP contribution in [0.4, 0.5) is 34.5 Å². The average molecular weight is 991 g/mol. The molecule has 3 aromatic heterocycles. The first kappa shape index (κ1) is 45.4. The van der Waals surface area contributed by atoms with Gasteiger partial charge in [-0.2, -0.15) is 4.98 Å². The summed E-state index contributed by atoms with van der Waals surface area (Å²) >= 11 is 3.58. The minimum absolute atomic E-state index is 0.0979. The fourth-order valence-electron chi connectivity index (χ4n) is 8.77. The third-order valence-electron chi connectivity index (χ3n) is 12.3. The molecule has 9 rings (SSSR count). The Morgan fingerprint density at radius 3 is 2.40 bits per heavy atom. The van der Waals surface area contributed by atoms with Crippen molar-refractivity contribution < 1.29 is 28.5 Å². The summed E-state index contributed by atoms with van der Waals surface area (Å²) in [6.45, 7) is 9.87. The molecule has 5 N–H and O–H groups in total. The molecule has 19 nitrogen and oxygen atoms in total. The lowest BCUT2D eigenvalue weighted by Crippen LogP contribution is -2.64. The molecular weight excluding hydrogens is 941 g/mol. The maximum Gasteiger partial charge on any atom is 0.289 e. The number of halogens is 1. The van der Waals surface area contributed by atoms with Crippen LogP contribution in [-0.2, 0) is 20.6 Å². The standard InChI is InChI=1S/C46H49BrN13O6P/c1-5-26-20-34(55-46-51-22-31(47)41(57-46)53-33-12-11-32-39(49-15-14-48-32)40(33)67(3,4)65)37(66-2)21-36(26)59-18-16-58(17-19-59)29-24-60(25-29)45(64)42-50-23-35(54-42)44(63)52-28-8-6-27(7-9-28)30-10-13-38(61)56-43(30)62/h6-9,11-12,14-15,20-23,29-30H,5,10,13,16-19,24-25H2,1-4H3,(H,50,54)(H,52,63)(H,56,61,62)(H2,51,53,55,57). The molecule has 0 radical (unpaired) electrons. The van der Waals surface area contributed by atoms with Crippen molar-refractivity contribution >= 4 is 97.6 Å². The van der Waals surface area contributed by atoms with E-state index in [2.05, 4.69) is 91.0 Å². The van der Waals surface area contributed by atoms with E-state index in [0.717, 1.165) is 49.4 Å². The Balaban J connectivity index is 0.789. The number of nitrogens with one attached hydrogen (secondary N) is 5. The lowest BCUT2D eigenvalue weighted by atomic mass is 9.90. The van der Waals surface area contributed by atoms with Crippen molar-refractivity contribution in [3.8, 4) is 5.75 Å². The zero-order valence-electron chi connectivity index (χ0n) is 37.3. The molecular formula is C46H49BrN13O6P. The molecule has 4 amide bonds. The Kier molecular flexibility index (Phi) is 12.8. The highest BCUT2D eigenvalue weighted by atomic mass is 79.9. The molecule has 0 spiro atoms. The van der Waals surface area contributed by atoms with Crippen LogP contribution in [0.3, 0.4) is 0 Å². The second kappa shape index (κ2) is 18.9. The number of nitrogens with zero attached hydrogens (tertiary/aromatic N) is 8. The fourth-order valence-corrected chi connectivity index (χ4v) is 10.5. The molecule has 0 aliphatic carbocycles. The lowest BCUT2D eigenvalue weighted by molar-refractivity contribution is -0.134. The van der Waals surface area contributed by atoms with E-state index < -0.39 is 19.0 Å². The highest BCUT2D eigenvalue weighted by molar-refractivity contribution is 9.10. The number of imidazole rings is 1. The minimum atomic E-state index is -2.80. The van der Waals surface area contributed by atoms with Gasteiger partial charge in [0.15, 0.2) is 5.82 Å². The predicted molar refractivity (Wildman–Crippen MR) is 259 cm³/mol. The van der Waals surface area contributed by atoms with E-state index in [1.165, 1.54) is 6.20 Å². The number of hydrogen-bond acceptors (Lipinski definition) is 15. The second-order valence-corrected chi connectivity index (χ2v) is 21.0. The van der Waals surface area contributed by atoms with E-state index >= 15 is 0 Å². The van der Waals surface area contributed by atoms with Gasteiger partial charge < -0.3 is 40.0 Å². The number of H-pyrrole nitrogens is 1.